The van der Waals surface area contributed by atoms with Crippen molar-refractivity contribution in [2.75, 3.05) is 12.3 Å². The normalized spacial score (nSPS) is 11.4. The smallest absolute Gasteiger partial charge is 0.344 e. The van der Waals surface area contributed by atoms with Crippen LogP contribution in [0.25, 0.3) is 0 Å². The molecule has 0 unspecified atom stereocenters. The van der Waals surface area contributed by atoms with Crippen LogP contribution in [-0.2, 0) is 9.63 Å². The van der Waals surface area contributed by atoms with E-state index in [-0.39, 0.29) is 0 Å². The monoisotopic (exact) mass is 215 g/mol. The first kappa shape index (κ1) is 10.5. The summed E-state index contributed by atoms with van der Waals surface area (Å²) in [7, 11) is 0. The molecule has 14 heavy (non-hydrogen) atoms. The molecule has 0 spiro atoms. The molecule has 1 heterocycles. The van der Waals surface area contributed by atoms with Gasteiger partial charge in [-0.2, -0.15) is 0 Å². The molecule has 0 aromatic carbocycles. The third-order valence-electron chi connectivity index (χ3n) is 1.28. The highest BCUT2D eigenvalue weighted by atomic mass is 32.1. The lowest BCUT2D eigenvalue weighted by Crippen LogP contribution is -2.05. The van der Waals surface area contributed by atoms with E-state index in [4.69, 9.17) is 10.8 Å². The van der Waals surface area contributed by atoms with Crippen LogP contribution in [0, 0.1) is 0 Å². The van der Waals surface area contributed by atoms with Gasteiger partial charge in [0.2, 0.25) is 6.61 Å². The number of oxime groups is 1. The number of aliphatic carboxylic acids is 1. The lowest BCUT2D eigenvalue weighted by molar-refractivity contribution is -0.142. The van der Waals surface area contributed by atoms with Gasteiger partial charge in [-0.05, 0) is 6.92 Å². The molecule has 0 amide bonds. The minimum atomic E-state index is -1.07. The number of aromatic nitrogens is 1. The van der Waals surface area contributed by atoms with Gasteiger partial charge >= 0.3 is 5.97 Å². The molecule has 0 aliphatic rings. The van der Waals surface area contributed by atoms with Crippen molar-refractivity contribution in [1.82, 2.24) is 4.98 Å². The van der Waals surface area contributed by atoms with E-state index >= 15 is 0 Å². The summed E-state index contributed by atoms with van der Waals surface area (Å²) >= 11 is 1.29. The van der Waals surface area contributed by atoms with Crippen LogP contribution < -0.4 is 5.73 Å². The first-order chi connectivity index (χ1) is 6.59. The van der Waals surface area contributed by atoms with Crippen molar-refractivity contribution in [3.8, 4) is 0 Å². The molecule has 1 aromatic heterocycles. The number of hydrogen-bond acceptors (Lipinski definition) is 6. The topological polar surface area (TPSA) is 97.8 Å². The van der Waals surface area contributed by atoms with Gasteiger partial charge in [0.15, 0.2) is 5.13 Å². The minimum Gasteiger partial charge on any atom is -0.479 e. The zero-order chi connectivity index (χ0) is 10.6. The fourth-order valence-corrected chi connectivity index (χ4v) is 1.29. The molecular formula is C7H9N3O3S. The van der Waals surface area contributed by atoms with Crippen molar-refractivity contribution < 1.29 is 14.7 Å². The lowest BCUT2D eigenvalue weighted by atomic mass is 10.3. The fraction of sp³-hybridized carbons (Fsp3) is 0.286. The number of nitrogen functional groups attached to an aromatic ring is 1. The molecule has 0 bridgehead atoms. The standard InChI is InChI=1S/C7H9N3O3S/c1-4(10-13-2-6(11)12)5-3-14-7(8)9-5/h3H,2H2,1H3,(H2,8,9)(H,11,12)/b10-4+. The Balaban J connectivity index is 2.56. The average Bonchev–Trinajstić information content (AvgIpc) is 2.51. The zero-order valence-electron chi connectivity index (χ0n) is 7.43. The Kier molecular flexibility index (Phi) is 3.41. The second kappa shape index (κ2) is 4.56. The van der Waals surface area contributed by atoms with Crippen LogP contribution in [0.5, 0.6) is 0 Å². The quantitative estimate of drug-likeness (QED) is 0.564. The molecule has 0 radical (unpaired) electrons. The lowest BCUT2D eigenvalue weighted by Gasteiger charge is -1.95. The number of rotatable bonds is 4. The van der Waals surface area contributed by atoms with Gasteiger partial charge in [-0.1, -0.05) is 5.16 Å². The molecule has 0 atom stereocenters. The van der Waals surface area contributed by atoms with Crippen molar-refractivity contribution in [3.05, 3.63) is 11.1 Å². The Labute approximate surface area is 84.0 Å². The van der Waals surface area contributed by atoms with E-state index in [1.807, 2.05) is 0 Å². The summed E-state index contributed by atoms with van der Waals surface area (Å²) in [6.07, 6.45) is 0. The Bertz CT molecular complexity index is 361. The van der Waals surface area contributed by atoms with Gasteiger partial charge < -0.3 is 15.7 Å². The third kappa shape index (κ3) is 3.02. The van der Waals surface area contributed by atoms with E-state index in [9.17, 15) is 4.79 Å². The maximum Gasteiger partial charge on any atom is 0.344 e. The maximum atomic E-state index is 10.1. The van der Waals surface area contributed by atoms with Gasteiger partial charge in [0.1, 0.15) is 11.4 Å². The first-order valence-electron chi connectivity index (χ1n) is 3.69. The van der Waals surface area contributed by atoms with Crippen molar-refractivity contribution in [2.24, 2.45) is 5.16 Å². The SMILES string of the molecule is C/C(=N\OCC(=O)O)c1csc(N)n1. The van der Waals surface area contributed by atoms with E-state index in [0.29, 0.717) is 16.5 Å². The Morgan fingerprint density at radius 3 is 3.07 bits per heavy atom. The number of carboxylic acid groups (broad SMARTS) is 1. The van der Waals surface area contributed by atoms with Gasteiger partial charge in [-0.15, -0.1) is 11.3 Å². The summed E-state index contributed by atoms with van der Waals surface area (Å²) in [5.74, 6) is -1.07. The Hall–Kier alpha value is -1.63. The second-order valence-corrected chi connectivity index (χ2v) is 3.30. The number of nitrogens with zero attached hydrogens (tertiary/aromatic N) is 2. The molecule has 7 heteroatoms. The van der Waals surface area contributed by atoms with Crippen LogP contribution in [0.15, 0.2) is 10.5 Å². The summed E-state index contributed by atoms with van der Waals surface area (Å²) in [5.41, 5.74) is 6.51. The number of carboxylic acids is 1. The third-order valence-corrected chi connectivity index (χ3v) is 1.96. The molecule has 0 saturated carbocycles. The van der Waals surface area contributed by atoms with Crippen LogP contribution in [0.3, 0.4) is 0 Å². The highest BCUT2D eigenvalue weighted by Gasteiger charge is 2.03. The van der Waals surface area contributed by atoms with Gasteiger partial charge in [-0.25, -0.2) is 9.78 Å². The number of nitrogens with two attached hydrogens (primary N) is 1. The van der Waals surface area contributed by atoms with Gasteiger partial charge in [0.25, 0.3) is 0 Å². The van der Waals surface area contributed by atoms with Crippen LogP contribution in [0.1, 0.15) is 12.6 Å². The predicted molar refractivity (Wildman–Crippen MR) is 52.3 cm³/mol. The highest BCUT2D eigenvalue weighted by molar-refractivity contribution is 7.13. The number of hydrogen-bond donors (Lipinski definition) is 2. The molecule has 0 aliphatic heterocycles. The van der Waals surface area contributed by atoms with Gasteiger partial charge in [0, 0.05) is 5.38 Å². The van der Waals surface area contributed by atoms with Crippen LogP contribution in [0.2, 0.25) is 0 Å². The van der Waals surface area contributed by atoms with E-state index in [0.717, 1.165) is 0 Å². The van der Waals surface area contributed by atoms with Crippen LogP contribution >= 0.6 is 11.3 Å². The largest absolute Gasteiger partial charge is 0.479 e. The number of carbonyl (C=O) groups is 1. The van der Waals surface area contributed by atoms with Gasteiger partial charge in [-0.3, -0.25) is 0 Å². The van der Waals surface area contributed by atoms with Crippen LogP contribution in [0.4, 0.5) is 5.13 Å². The van der Waals surface area contributed by atoms with E-state index in [1.54, 1.807) is 12.3 Å². The Morgan fingerprint density at radius 1 is 1.86 bits per heavy atom. The maximum absolute atomic E-state index is 10.1. The predicted octanol–water partition coefficient (Wildman–Crippen LogP) is 0.550. The molecule has 76 valence electrons. The van der Waals surface area contributed by atoms with Crippen molar-refractivity contribution in [1.29, 1.82) is 0 Å². The molecule has 1 aromatic rings. The Morgan fingerprint density at radius 2 is 2.57 bits per heavy atom. The summed E-state index contributed by atoms with van der Waals surface area (Å²) in [5, 5.41) is 14.0. The molecule has 6 nitrogen and oxygen atoms in total. The number of thiazole rings is 1. The fourth-order valence-electron chi connectivity index (χ4n) is 0.685. The van der Waals surface area contributed by atoms with Crippen LogP contribution in [-0.4, -0.2) is 28.4 Å². The second-order valence-electron chi connectivity index (χ2n) is 2.41. The summed E-state index contributed by atoms with van der Waals surface area (Å²) < 4.78 is 0. The molecule has 0 fully saturated rings. The average molecular weight is 215 g/mol. The summed E-state index contributed by atoms with van der Waals surface area (Å²) in [4.78, 5) is 18.6. The van der Waals surface area contributed by atoms with Crippen molar-refractivity contribution >= 4 is 28.1 Å². The molecule has 0 saturated heterocycles. The molecule has 1 rings (SSSR count). The summed E-state index contributed by atoms with van der Waals surface area (Å²) in [6, 6.07) is 0. The van der Waals surface area contributed by atoms with Gasteiger partial charge in [0.05, 0.1) is 0 Å². The molecule has 0 aliphatic carbocycles. The molecular weight excluding hydrogens is 206 g/mol. The van der Waals surface area contributed by atoms with E-state index in [2.05, 4.69) is 15.0 Å². The minimum absolute atomic E-state index is 0.438. The first-order valence-corrected chi connectivity index (χ1v) is 4.57. The number of anilines is 1. The van der Waals surface area contributed by atoms with Crippen molar-refractivity contribution in [3.63, 3.8) is 0 Å². The van der Waals surface area contributed by atoms with E-state index < -0.39 is 12.6 Å². The molecule has 3 N–H and O–H groups in total. The zero-order valence-corrected chi connectivity index (χ0v) is 8.24. The van der Waals surface area contributed by atoms with Crippen molar-refractivity contribution in [2.45, 2.75) is 6.92 Å². The van der Waals surface area contributed by atoms with E-state index in [1.165, 1.54) is 11.3 Å². The highest BCUT2D eigenvalue weighted by Crippen LogP contribution is 2.11. The summed E-state index contributed by atoms with van der Waals surface area (Å²) in [6.45, 7) is 1.20.